The topological polar surface area (TPSA) is 147 Å². The van der Waals surface area contributed by atoms with Gasteiger partial charge in [0.15, 0.2) is 6.10 Å². The molecule has 2 aromatic rings. The van der Waals surface area contributed by atoms with Crippen LogP contribution in [0.5, 0.6) is 0 Å². The van der Waals surface area contributed by atoms with Crippen molar-refractivity contribution in [3.8, 4) is 0 Å². The number of aryl methyl sites for hydroxylation is 1. The zero-order valence-corrected chi connectivity index (χ0v) is 29.6. The second kappa shape index (κ2) is 17.0. The molecule has 3 amide bonds. The van der Waals surface area contributed by atoms with Gasteiger partial charge in [-0.1, -0.05) is 44.2 Å². The summed E-state index contributed by atoms with van der Waals surface area (Å²) in [6.45, 7) is 6.13. The minimum Gasteiger partial charge on any atom is -0.467 e. The second-order valence-electron chi connectivity index (χ2n) is 13.2. The van der Waals surface area contributed by atoms with Crippen LogP contribution in [-0.2, 0) is 35.1 Å². The number of rotatable bonds is 16. The number of carbonyl (C=O) groups is 5. The molecule has 48 heavy (non-hydrogen) atoms. The van der Waals surface area contributed by atoms with E-state index in [0.29, 0.717) is 17.8 Å². The number of benzene rings is 1. The van der Waals surface area contributed by atoms with Crippen molar-refractivity contribution in [3.63, 3.8) is 0 Å². The molecule has 1 aliphatic carbocycles. The molecule has 2 heterocycles. The molecule has 1 saturated heterocycles. The van der Waals surface area contributed by atoms with Crippen molar-refractivity contribution in [3.05, 3.63) is 52.0 Å². The molecule has 5 atom stereocenters. The zero-order chi connectivity index (χ0) is 35.0. The van der Waals surface area contributed by atoms with Crippen LogP contribution in [0.4, 0.5) is 0 Å². The first-order valence-corrected chi connectivity index (χ1v) is 17.6. The number of hydrogen-bond acceptors (Lipinski definition) is 10. The molecule has 1 aromatic carbocycles. The Morgan fingerprint density at radius 3 is 2.38 bits per heavy atom. The predicted octanol–water partition coefficient (Wildman–Crippen LogP) is 3.51. The number of carbonyl (C=O) groups excluding carboxylic acids is 5. The van der Waals surface area contributed by atoms with Crippen molar-refractivity contribution in [1.82, 2.24) is 25.4 Å². The molecule has 0 radical (unpaired) electrons. The van der Waals surface area contributed by atoms with Crippen LogP contribution in [0.2, 0.25) is 0 Å². The summed E-state index contributed by atoms with van der Waals surface area (Å²) >= 11 is 1.17. The van der Waals surface area contributed by atoms with Gasteiger partial charge in [0.05, 0.1) is 13.2 Å². The van der Waals surface area contributed by atoms with Crippen LogP contribution in [0, 0.1) is 11.8 Å². The predicted molar refractivity (Wildman–Crippen MR) is 181 cm³/mol. The van der Waals surface area contributed by atoms with Crippen molar-refractivity contribution < 1.29 is 33.4 Å². The van der Waals surface area contributed by atoms with Crippen molar-refractivity contribution in [2.45, 2.75) is 96.0 Å². The smallest absolute Gasteiger partial charge is 0.328 e. The van der Waals surface area contributed by atoms with Gasteiger partial charge in [-0.05, 0) is 69.5 Å². The number of methoxy groups -OCH3 is 1. The summed E-state index contributed by atoms with van der Waals surface area (Å²) in [5.74, 6) is -1.85. The summed E-state index contributed by atoms with van der Waals surface area (Å²) in [4.78, 5) is 73.3. The number of hydrogen-bond donors (Lipinski definition) is 2. The Balaban J connectivity index is 1.46. The van der Waals surface area contributed by atoms with E-state index in [0.717, 1.165) is 37.8 Å². The average Bonchev–Trinajstić information content (AvgIpc) is 3.61. The van der Waals surface area contributed by atoms with Gasteiger partial charge < -0.3 is 25.0 Å². The molecule has 4 rings (SSSR count). The summed E-state index contributed by atoms with van der Waals surface area (Å²) in [6, 6.07) is 7.53. The third kappa shape index (κ3) is 9.85. The van der Waals surface area contributed by atoms with E-state index in [-0.39, 0.29) is 47.8 Å². The lowest BCUT2D eigenvalue weighted by atomic mass is 9.95. The average molecular weight is 684 g/mol. The van der Waals surface area contributed by atoms with Gasteiger partial charge in [-0.2, -0.15) is 0 Å². The van der Waals surface area contributed by atoms with E-state index in [4.69, 9.17) is 9.47 Å². The summed E-state index contributed by atoms with van der Waals surface area (Å²) in [5, 5.41) is 7.76. The normalized spacial score (nSPS) is 18.8. The van der Waals surface area contributed by atoms with E-state index in [1.54, 1.807) is 17.3 Å². The molecule has 2 fully saturated rings. The van der Waals surface area contributed by atoms with Crippen LogP contribution >= 0.6 is 11.3 Å². The SMILES string of the molecule is COC(=O)[C@H](CCc1ccccc1)NC(=O)c1csc([C@@H](C[C@H](C(C)C)N(C)C(=O)[C@@H](NC(=O)[C@H]2CCCN2C)C2CC2)OC(C)=O)n1. The Morgan fingerprint density at radius 1 is 1.08 bits per heavy atom. The van der Waals surface area contributed by atoms with E-state index >= 15 is 0 Å². The summed E-state index contributed by atoms with van der Waals surface area (Å²) in [7, 11) is 4.93. The first kappa shape index (κ1) is 37.0. The van der Waals surface area contributed by atoms with Gasteiger partial charge >= 0.3 is 11.9 Å². The number of ether oxygens (including phenoxy) is 2. The minimum absolute atomic E-state index is 0.0262. The highest BCUT2D eigenvalue weighted by molar-refractivity contribution is 7.09. The maximum Gasteiger partial charge on any atom is 0.328 e. The molecule has 1 aliphatic heterocycles. The zero-order valence-electron chi connectivity index (χ0n) is 28.8. The summed E-state index contributed by atoms with van der Waals surface area (Å²) in [6.07, 6.45) is 3.78. The van der Waals surface area contributed by atoms with Crippen LogP contribution in [0.25, 0.3) is 0 Å². The molecule has 0 spiro atoms. The molecule has 12 nitrogen and oxygen atoms in total. The highest BCUT2D eigenvalue weighted by atomic mass is 32.1. The number of amides is 3. The Bertz CT molecular complexity index is 1430. The third-order valence-corrected chi connectivity index (χ3v) is 10.2. The molecule has 0 unspecified atom stereocenters. The van der Waals surface area contributed by atoms with Gasteiger partial charge in [0.1, 0.15) is 22.8 Å². The number of thiazole rings is 1. The van der Waals surface area contributed by atoms with Crippen molar-refractivity contribution in [2.24, 2.45) is 11.8 Å². The van der Waals surface area contributed by atoms with E-state index in [1.807, 2.05) is 56.1 Å². The lowest BCUT2D eigenvalue weighted by Crippen LogP contribution is -2.55. The standard InChI is InChI=1S/C35H49N5O7S/c1-21(2)28(40(5)34(44)30(24-15-16-24)38-32(43)27-13-10-18-39(27)4)19-29(47-22(3)41)33-37-26(20-48-33)31(42)36-25(35(45)46-6)17-14-23-11-8-7-9-12-23/h7-9,11-12,20-21,24-25,27-30H,10,13-19H2,1-6H3,(H,36,42)(H,38,43)/t25-,27+,28+,29+,30-/m0/s1. The van der Waals surface area contributed by atoms with Gasteiger partial charge in [-0.15, -0.1) is 11.3 Å². The molecular weight excluding hydrogens is 634 g/mol. The number of esters is 2. The quantitative estimate of drug-likeness (QED) is 0.254. The van der Waals surface area contributed by atoms with E-state index in [1.165, 1.54) is 25.4 Å². The summed E-state index contributed by atoms with van der Waals surface area (Å²) in [5.41, 5.74) is 1.11. The van der Waals surface area contributed by atoms with Crippen LogP contribution in [0.1, 0.15) is 86.5 Å². The number of aromatic nitrogens is 1. The van der Waals surface area contributed by atoms with Crippen molar-refractivity contribution in [2.75, 3.05) is 27.7 Å². The number of likely N-dealkylation sites (tertiary alicyclic amines) is 1. The monoisotopic (exact) mass is 683 g/mol. The highest BCUT2D eigenvalue weighted by Gasteiger charge is 2.42. The van der Waals surface area contributed by atoms with E-state index < -0.39 is 36.0 Å². The van der Waals surface area contributed by atoms with Gasteiger partial charge in [0, 0.05) is 31.8 Å². The third-order valence-electron chi connectivity index (χ3n) is 9.24. The molecular formula is C35H49N5O7S. The van der Waals surface area contributed by atoms with Crippen LogP contribution < -0.4 is 10.6 Å². The molecule has 13 heteroatoms. The Kier molecular flexibility index (Phi) is 13.1. The largest absolute Gasteiger partial charge is 0.467 e. The van der Waals surface area contributed by atoms with Gasteiger partial charge in [0.2, 0.25) is 11.8 Å². The van der Waals surface area contributed by atoms with E-state index in [9.17, 15) is 24.0 Å². The minimum atomic E-state index is -0.879. The van der Waals surface area contributed by atoms with E-state index in [2.05, 4.69) is 15.6 Å². The van der Waals surface area contributed by atoms with Gasteiger partial charge in [-0.3, -0.25) is 24.1 Å². The molecule has 2 N–H and O–H groups in total. The maximum absolute atomic E-state index is 13.9. The first-order valence-electron chi connectivity index (χ1n) is 16.7. The fraction of sp³-hybridized carbons (Fsp3) is 0.600. The fourth-order valence-corrected chi connectivity index (χ4v) is 7.14. The Morgan fingerprint density at radius 2 is 1.79 bits per heavy atom. The Labute approximate surface area is 286 Å². The fourth-order valence-electron chi connectivity index (χ4n) is 6.30. The number of likely N-dealkylation sites (N-methyl/N-ethyl adjacent to an activating group) is 2. The molecule has 0 bridgehead atoms. The molecule has 262 valence electrons. The maximum atomic E-state index is 13.9. The lowest BCUT2D eigenvalue weighted by Gasteiger charge is -2.36. The first-order chi connectivity index (χ1) is 22.9. The van der Waals surface area contributed by atoms with Crippen LogP contribution in [0.3, 0.4) is 0 Å². The lowest BCUT2D eigenvalue weighted by molar-refractivity contribution is -0.149. The van der Waals surface area contributed by atoms with Gasteiger partial charge in [-0.25, -0.2) is 9.78 Å². The highest BCUT2D eigenvalue weighted by Crippen LogP contribution is 2.36. The second-order valence-corrected chi connectivity index (χ2v) is 14.1. The van der Waals surface area contributed by atoms with Crippen LogP contribution in [-0.4, -0.2) is 96.4 Å². The summed E-state index contributed by atoms with van der Waals surface area (Å²) < 4.78 is 10.7. The molecule has 1 aromatic heterocycles. The molecule has 1 saturated carbocycles. The molecule has 2 aliphatic rings. The Hall–Kier alpha value is -3.84. The number of nitrogens with zero attached hydrogens (tertiary/aromatic N) is 3. The van der Waals surface area contributed by atoms with Crippen molar-refractivity contribution >= 4 is 41.0 Å². The van der Waals surface area contributed by atoms with Gasteiger partial charge in [0.25, 0.3) is 5.91 Å². The van der Waals surface area contributed by atoms with Crippen LogP contribution in [0.15, 0.2) is 35.7 Å². The number of nitrogens with one attached hydrogen (secondary N) is 2. The van der Waals surface area contributed by atoms with Crippen molar-refractivity contribution in [1.29, 1.82) is 0 Å².